The number of rotatable bonds is 7. The van der Waals surface area contributed by atoms with Crippen LogP contribution in [0.1, 0.15) is 24.3 Å². The normalized spacial score (nSPS) is 16.3. The third kappa shape index (κ3) is 4.46. The van der Waals surface area contributed by atoms with Crippen LogP contribution in [0.2, 0.25) is 0 Å². The average Bonchev–Trinajstić information content (AvgIpc) is 3.18. The van der Waals surface area contributed by atoms with Crippen molar-refractivity contribution in [2.75, 3.05) is 25.0 Å². The number of amides is 1. The fourth-order valence-corrected chi connectivity index (χ4v) is 3.61. The molecule has 1 aromatic heterocycles. The lowest BCUT2D eigenvalue weighted by Gasteiger charge is -2.34. The summed E-state index contributed by atoms with van der Waals surface area (Å²) in [7, 11) is 0. The van der Waals surface area contributed by atoms with Crippen LogP contribution >= 0.6 is 0 Å². The van der Waals surface area contributed by atoms with Gasteiger partial charge in [-0.25, -0.2) is 0 Å². The van der Waals surface area contributed by atoms with Gasteiger partial charge in [0.2, 0.25) is 5.91 Å². The number of carbonyl (C=O) groups excluding carboxylic acids is 1. The number of anilines is 1. The minimum Gasteiger partial charge on any atom is -0.486 e. The molecule has 2 heterocycles. The van der Waals surface area contributed by atoms with Crippen LogP contribution in [0.4, 0.5) is 5.82 Å². The average molecular weight is 407 g/mol. The molecule has 1 amide bonds. The molecule has 7 heteroatoms. The minimum atomic E-state index is -0.506. The van der Waals surface area contributed by atoms with E-state index in [9.17, 15) is 4.79 Å². The molecular weight excluding hydrogens is 382 g/mol. The summed E-state index contributed by atoms with van der Waals surface area (Å²) in [5.74, 6) is 2.34. The number of hydrogen-bond donors (Lipinski definition) is 1. The molecule has 1 aliphatic heterocycles. The second kappa shape index (κ2) is 9.00. The van der Waals surface area contributed by atoms with Crippen LogP contribution in [-0.2, 0) is 4.79 Å². The molecule has 0 fully saturated rings. The molecule has 7 nitrogen and oxygen atoms in total. The number of carbonyl (C=O) groups is 1. The molecule has 1 aliphatic rings. The summed E-state index contributed by atoms with van der Waals surface area (Å²) in [4.78, 5) is 15.3. The Morgan fingerprint density at radius 1 is 1.17 bits per heavy atom. The number of para-hydroxylation sites is 2. The summed E-state index contributed by atoms with van der Waals surface area (Å²) in [5.41, 5.74) is 0.897. The van der Waals surface area contributed by atoms with Crippen molar-refractivity contribution in [3.63, 3.8) is 0 Å². The Kier molecular flexibility index (Phi) is 5.99. The van der Waals surface area contributed by atoms with Crippen LogP contribution < -0.4 is 14.8 Å². The van der Waals surface area contributed by atoms with Crippen molar-refractivity contribution in [2.45, 2.75) is 26.0 Å². The molecule has 2 atom stereocenters. The molecule has 0 radical (unpaired) electrons. The van der Waals surface area contributed by atoms with Gasteiger partial charge in [-0.05, 0) is 31.2 Å². The predicted molar refractivity (Wildman–Crippen MR) is 113 cm³/mol. The van der Waals surface area contributed by atoms with Gasteiger partial charge in [-0.3, -0.25) is 9.69 Å². The lowest BCUT2D eigenvalue weighted by molar-refractivity contribution is -0.122. The molecule has 0 spiro atoms. The van der Waals surface area contributed by atoms with Gasteiger partial charge in [0.1, 0.15) is 24.5 Å². The maximum absolute atomic E-state index is 13.3. The Morgan fingerprint density at radius 2 is 1.90 bits per heavy atom. The molecule has 1 N–H and O–H groups in total. The molecule has 156 valence electrons. The number of benzene rings is 2. The molecule has 3 aromatic rings. The molecule has 30 heavy (non-hydrogen) atoms. The Morgan fingerprint density at radius 3 is 2.60 bits per heavy atom. The largest absolute Gasteiger partial charge is 0.486 e. The second-order valence-electron chi connectivity index (χ2n) is 7.21. The van der Waals surface area contributed by atoms with Crippen molar-refractivity contribution in [3.05, 3.63) is 72.0 Å². The van der Waals surface area contributed by atoms with E-state index in [-0.39, 0.29) is 12.0 Å². The van der Waals surface area contributed by atoms with Crippen LogP contribution in [0.5, 0.6) is 11.5 Å². The van der Waals surface area contributed by atoms with E-state index < -0.39 is 6.04 Å². The SMILES string of the molecule is CCN(CC1COc2ccccc2O1)C(C(=O)Nc1cc(C)on1)c1ccccc1. The van der Waals surface area contributed by atoms with Gasteiger partial charge in [0.15, 0.2) is 17.3 Å². The molecule has 0 saturated carbocycles. The first-order valence-corrected chi connectivity index (χ1v) is 10.1. The van der Waals surface area contributed by atoms with Crippen molar-refractivity contribution in [1.29, 1.82) is 0 Å². The second-order valence-corrected chi connectivity index (χ2v) is 7.21. The number of fused-ring (bicyclic) bond motifs is 1. The lowest BCUT2D eigenvalue weighted by atomic mass is 10.0. The number of ether oxygens (including phenoxy) is 2. The van der Waals surface area contributed by atoms with E-state index in [1.54, 1.807) is 13.0 Å². The summed E-state index contributed by atoms with van der Waals surface area (Å²) < 4.78 is 17.1. The first kappa shape index (κ1) is 20.0. The summed E-state index contributed by atoms with van der Waals surface area (Å²) in [6.45, 7) is 5.44. The molecule has 0 saturated heterocycles. The highest BCUT2D eigenvalue weighted by molar-refractivity contribution is 5.94. The number of nitrogens with one attached hydrogen (secondary N) is 1. The number of aryl methyl sites for hydroxylation is 1. The first-order chi connectivity index (χ1) is 14.6. The Balaban J connectivity index is 1.54. The third-order valence-corrected chi connectivity index (χ3v) is 5.02. The first-order valence-electron chi connectivity index (χ1n) is 10.1. The Bertz CT molecular complexity index is 989. The highest BCUT2D eigenvalue weighted by Gasteiger charge is 2.31. The van der Waals surface area contributed by atoms with Crippen LogP contribution in [0.25, 0.3) is 0 Å². The summed E-state index contributed by atoms with van der Waals surface area (Å²) in [6.07, 6.45) is -0.187. The van der Waals surface area contributed by atoms with Gasteiger partial charge in [0, 0.05) is 12.6 Å². The van der Waals surface area contributed by atoms with Crippen LogP contribution in [-0.4, -0.2) is 41.8 Å². The smallest absolute Gasteiger partial charge is 0.247 e. The van der Waals surface area contributed by atoms with Crippen molar-refractivity contribution in [3.8, 4) is 11.5 Å². The minimum absolute atomic E-state index is 0.173. The fourth-order valence-electron chi connectivity index (χ4n) is 3.61. The van der Waals surface area contributed by atoms with Crippen molar-refractivity contribution in [2.24, 2.45) is 0 Å². The molecule has 0 aliphatic carbocycles. The van der Waals surface area contributed by atoms with E-state index in [0.717, 1.165) is 17.1 Å². The number of nitrogens with zero attached hydrogens (tertiary/aromatic N) is 2. The number of aromatic nitrogens is 1. The zero-order valence-corrected chi connectivity index (χ0v) is 17.1. The zero-order valence-electron chi connectivity index (χ0n) is 17.1. The van der Waals surface area contributed by atoms with E-state index in [2.05, 4.69) is 15.4 Å². The predicted octanol–water partition coefficient (Wildman–Crippen LogP) is 3.82. The van der Waals surface area contributed by atoms with Crippen LogP contribution in [0, 0.1) is 6.92 Å². The highest BCUT2D eigenvalue weighted by atomic mass is 16.6. The summed E-state index contributed by atoms with van der Waals surface area (Å²) in [6, 6.07) is 18.5. The van der Waals surface area contributed by atoms with Gasteiger partial charge in [-0.1, -0.05) is 54.5 Å². The molecule has 0 bridgehead atoms. The lowest BCUT2D eigenvalue weighted by Crippen LogP contribution is -2.45. The van der Waals surface area contributed by atoms with E-state index in [1.165, 1.54) is 0 Å². The Hall–Kier alpha value is -3.32. The van der Waals surface area contributed by atoms with Crippen LogP contribution in [0.3, 0.4) is 0 Å². The number of hydrogen-bond acceptors (Lipinski definition) is 6. The van der Waals surface area contributed by atoms with Gasteiger partial charge < -0.3 is 19.3 Å². The maximum atomic E-state index is 13.3. The monoisotopic (exact) mass is 407 g/mol. The highest BCUT2D eigenvalue weighted by Crippen LogP contribution is 2.32. The van der Waals surface area contributed by atoms with E-state index >= 15 is 0 Å². The summed E-state index contributed by atoms with van der Waals surface area (Å²) >= 11 is 0. The Labute approximate surface area is 175 Å². The van der Waals surface area contributed by atoms with Gasteiger partial charge in [0.05, 0.1) is 0 Å². The maximum Gasteiger partial charge on any atom is 0.247 e. The van der Waals surface area contributed by atoms with Gasteiger partial charge >= 0.3 is 0 Å². The third-order valence-electron chi connectivity index (χ3n) is 5.02. The molecule has 2 unspecified atom stereocenters. The van der Waals surface area contributed by atoms with Gasteiger partial charge in [-0.15, -0.1) is 0 Å². The number of likely N-dealkylation sites (N-methyl/N-ethyl adjacent to an activating group) is 1. The van der Waals surface area contributed by atoms with Gasteiger partial charge in [-0.2, -0.15) is 0 Å². The molecular formula is C23H25N3O4. The van der Waals surface area contributed by atoms with Crippen molar-refractivity contribution >= 4 is 11.7 Å². The standard InChI is InChI=1S/C23H25N3O4/c1-3-26(14-18-15-28-19-11-7-8-12-20(19)29-18)22(17-9-5-4-6-10-17)23(27)24-21-13-16(2)30-25-21/h4-13,18,22H,3,14-15H2,1-2H3,(H,24,25,27). The topological polar surface area (TPSA) is 76.8 Å². The van der Waals surface area contributed by atoms with E-state index in [0.29, 0.717) is 31.3 Å². The quantitative estimate of drug-likeness (QED) is 0.642. The van der Waals surface area contributed by atoms with E-state index in [1.807, 2.05) is 61.5 Å². The van der Waals surface area contributed by atoms with E-state index in [4.69, 9.17) is 14.0 Å². The van der Waals surface area contributed by atoms with Crippen molar-refractivity contribution < 1.29 is 18.8 Å². The van der Waals surface area contributed by atoms with Crippen LogP contribution in [0.15, 0.2) is 65.2 Å². The summed E-state index contributed by atoms with van der Waals surface area (Å²) in [5, 5.41) is 6.76. The fraction of sp³-hybridized carbons (Fsp3) is 0.304. The van der Waals surface area contributed by atoms with Gasteiger partial charge in [0.25, 0.3) is 0 Å². The van der Waals surface area contributed by atoms with Crippen molar-refractivity contribution in [1.82, 2.24) is 10.1 Å². The molecule has 4 rings (SSSR count). The zero-order chi connectivity index (χ0) is 20.9. The molecule has 2 aromatic carbocycles.